The molecule has 18 nitrogen and oxygen atoms in total. The molecule has 2 aliphatic heterocycles. The number of hydrogen-bond donors (Lipinski definition) is 3. The highest BCUT2D eigenvalue weighted by Gasteiger charge is 2.81. The van der Waals surface area contributed by atoms with Crippen molar-refractivity contribution in [2.75, 3.05) is 0 Å². The van der Waals surface area contributed by atoms with E-state index < -0.39 is 85.6 Å². The van der Waals surface area contributed by atoms with Crippen molar-refractivity contribution >= 4 is 57.8 Å². The summed E-state index contributed by atoms with van der Waals surface area (Å²) >= 11 is 0. The van der Waals surface area contributed by atoms with Crippen LogP contribution in [-0.2, 0) is 50.8 Å². The number of alkyl carbamates (subject to hydrolysis) is 1. The van der Waals surface area contributed by atoms with Crippen LogP contribution in [0.25, 0.3) is 5.53 Å². The minimum atomic E-state index is -2.95. The number of ether oxygens (including phenoxy) is 4. The minimum absolute atomic E-state index is 0.0193. The van der Waals surface area contributed by atoms with Crippen molar-refractivity contribution in [2.45, 2.75) is 57.9 Å². The number of carbonyl (C=O) groups excluding carboxylic acids is 6. The van der Waals surface area contributed by atoms with Crippen LogP contribution in [0.4, 0.5) is 9.59 Å². The van der Waals surface area contributed by atoms with Crippen LogP contribution in [0.5, 0.6) is 5.75 Å². The van der Waals surface area contributed by atoms with Gasteiger partial charge in [-0.05, 0) is 70.0 Å². The van der Waals surface area contributed by atoms with Crippen LogP contribution in [-0.4, -0.2) is 76.6 Å². The minimum Gasteiger partial charge on any atom is -0.477 e. The van der Waals surface area contributed by atoms with Crippen LogP contribution < -0.4 is 15.4 Å². The SMILES string of the molecule is CC1=C(C(=O)O)N2C(=O)C(NC(=O)C(NC(=O)OC(=O)c3ccccc3)c3ccc(OC(=O)OCc4ccccc4)cc3)(OC(=O)C(C)(C)C)[C@@]2(C)S(=O)C1=[N+]=[N-]. The second kappa shape index (κ2) is 16.0. The van der Waals surface area contributed by atoms with E-state index in [1.54, 1.807) is 36.4 Å². The van der Waals surface area contributed by atoms with E-state index in [9.17, 15) is 48.4 Å². The van der Waals surface area contributed by atoms with E-state index in [4.69, 9.17) is 18.9 Å². The third kappa shape index (κ3) is 7.91. The molecule has 0 saturated carbocycles. The van der Waals surface area contributed by atoms with Gasteiger partial charge in [-0.1, -0.05) is 60.7 Å². The maximum absolute atomic E-state index is 14.4. The Labute approximate surface area is 326 Å². The van der Waals surface area contributed by atoms with Gasteiger partial charge in [0.05, 0.1) is 16.6 Å². The maximum Gasteiger partial charge on any atom is 0.514 e. The summed E-state index contributed by atoms with van der Waals surface area (Å²) in [6.07, 6.45) is -2.52. The van der Waals surface area contributed by atoms with Crippen LogP contribution in [0.2, 0.25) is 0 Å². The molecule has 3 amide bonds. The predicted octanol–water partition coefficient (Wildman–Crippen LogP) is 3.72. The maximum atomic E-state index is 14.4. The normalized spacial score (nSPS) is 20.4. The highest BCUT2D eigenvalue weighted by atomic mass is 32.2. The Kier molecular flexibility index (Phi) is 11.6. The fourth-order valence-electron chi connectivity index (χ4n) is 5.75. The molecule has 3 unspecified atom stereocenters. The number of esters is 2. The highest BCUT2D eigenvalue weighted by molar-refractivity contribution is 8.02. The van der Waals surface area contributed by atoms with Gasteiger partial charge in [0, 0.05) is 0 Å². The van der Waals surface area contributed by atoms with Crippen molar-refractivity contribution in [3.05, 3.63) is 118 Å². The fourth-order valence-corrected chi connectivity index (χ4v) is 7.36. The zero-order chi connectivity index (χ0) is 41.9. The Balaban J connectivity index is 1.51. The molecule has 3 N–H and O–H groups in total. The standard InChI is InChI=1S/C38H35N5O13S/c1-21-27(30(45)46)43-32(48)38(56-33(49)36(2,3)4,37(43,5)57(52)29(21)42-39)41-28(44)26(40-34(50)55-31(47)24-14-10-7-11-15-24)23-16-18-25(19-17-23)54-35(51)53-20-22-12-8-6-9-13-22/h6-19,26H,20H2,1-5H3,(H,40,50)(H,41,44)(H,45,46)/t26?,37-,38?,57?/m1/s1. The zero-order valence-electron chi connectivity index (χ0n) is 31.0. The van der Waals surface area contributed by atoms with Gasteiger partial charge in [-0.15, -0.1) is 0 Å². The topological polar surface area (TPSA) is 257 Å². The van der Waals surface area contributed by atoms with Gasteiger partial charge in [-0.3, -0.25) is 19.3 Å². The smallest absolute Gasteiger partial charge is 0.477 e. The van der Waals surface area contributed by atoms with Crippen molar-refractivity contribution in [1.29, 1.82) is 0 Å². The summed E-state index contributed by atoms with van der Waals surface area (Å²) in [5.74, 6) is -6.66. The van der Waals surface area contributed by atoms with E-state index in [1.807, 2.05) is 0 Å². The molecule has 296 valence electrons. The predicted molar refractivity (Wildman–Crippen MR) is 196 cm³/mol. The number of nitrogens with zero attached hydrogens (tertiary/aromatic N) is 3. The number of aliphatic carboxylic acids is 1. The number of carboxylic acid groups (broad SMARTS) is 1. The first-order valence-corrected chi connectivity index (χ1v) is 18.1. The average molecular weight is 802 g/mol. The number of hydrogen-bond acceptors (Lipinski definition) is 12. The Bertz CT molecular complexity index is 2270. The molecule has 0 aliphatic carbocycles. The summed E-state index contributed by atoms with van der Waals surface area (Å²) in [6, 6.07) is 19.1. The number of fused-ring (bicyclic) bond motifs is 1. The number of rotatable bonds is 10. The van der Waals surface area contributed by atoms with Crippen molar-refractivity contribution in [3.8, 4) is 5.75 Å². The summed E-state index contributed by atoms with van der Waals surface area (Å²) < 4.78 is 35.0. The first-order chi connectivity index (χ1) is 26.8. The van der Waals surface area contributed by atoms with Crippen molar-refractivity contribution in [3.63, 3.8) is 0 Å². The van der Waals surface area contributed by atoms with Crippen molar-refractivity contribution < 1.29 is 66.6 Å². The van der Waals surface area contributed by atoms with E-state index in [1.165, 1.54) is 69.3 Å². The molecule has 0 radical (unpaired) electrons. The summed E-state index contributed by atoms with van der Waals surface area (Å²) in [6.45, 7) is 6.31. The largest absolute Gasteiger partial charge is 0.514 e. The average Bonchev–Trinajstić information content (AvgIpc) is 3.17. The third-order valence-corrected chi connectivity index (χ3v) is 10.7. The lowest BCUT2D eigenvalue weighted by Gasteiger charge is -2.60. The quantitative estimate of drug-likeness (QED) is 0.0387. The molecule has 4 atom stereocenters. The molecule has 0 bridgehead atoms. The number of β-lactam (4-membered cyclic amide) rings is 1. The Morgan fingerprint density at radius 2 is 1.54 bits per heavy atom. The Morgan fingerprint density at radius 1 is 0.947 bits per heavy atom. The van der Waals surface area contributed by atoms with E-state index in [0.29, 0.717) is 10.5 Å². The molecule has 3 aromatic rings. The highest BCUT2D eigenvalue weighted by Crippen LogP contribution is 2.52. The Hall–Kier alpha value is -6.98. The molecule has 0 spiro atoms. The third-order valence-electron chi connectivity index (χ3n) is 8.80. The van der Waals surface area contributed by atoms with Crippen LogP contribution >= 0.6 is 0 Å². The number of amides is 3. The van der Waals surface area contributed by atoms with Crippen LogP contribution in [0.15, 0.2) is 96.2 Å². The van der Waals surface area contributed by atoms with Crippen LogP contribution in [0, 0.1) is 5.41 Å². The molecule has 5 rings (SSSR count). The lowest BCUT2D eigenvalue weighted by atomic mass is 9.86. The van der Waals surface area contributed by atoms with E-state index in [0.717, 1.165) is 13.8 Å². The molecule has 3 aromatic carbocycles. The molecule has 0 aromatic heterocycles. The van der Waals surface area contributed by atoms with Gasteiger partial charge in [0.1, 0.15) is 24.1 Å². The van der Waals surface area contributed by atoms with Gasteiger partial charge in [-0.2, -0.15) is 4.79 Å². The van der Waals surface area contributed by atoms with E-state index in [2.05, 4.69) is 15.4 Å². The molecule has 1 saturated heterocycles. The molecule has 1 fully saturated rings. The van der Waals surface area contributed by atoms with Gasteiger partial charge >= 0.3 is 40.9 Å². The summed E-state index contributed by atoms with van der Waals surface area (Å²) in [5, 5.41) is 13.8. The summed E-state index contributed by atoms with van der Waals surface area (Å²) in [7, 11) is -2.69. The Morgan fingerprint density at radius 3 is 2.11 bits per heavy atom. The zero-order valence-corrected chi connectivity index (χ0v) is 31.8. The van der Waals surface area contributed by atoms with Crippen molar-refractivity contribution in [1.82, 2.24) is 15.5 Å². The summed E-state index contributed by atoms with van der Waals surface area (Å²) in [4.78, 5) is 93.8. The van der Waals surface area contributed by atoms with Gasteiger partial charge in [0.15, 0.2) is 10.8 Å². The van der Waals surface area contributed by atoms with E-state index in [-0.39, 0.29) is 29.1 Å². The number of carbonyl (C=O) groups is 7. The second-order valence-electron chi connectivity index (χ2n) is 13.7. The van der Waals surface area contributed by atoms with Crippen molar-refractivity contribution in [2.24, 2.45) is 5.41 Å². The molecule has 57 heavy (non-hydrogen) atoms. The lowest BCUT2D eigenvalue weighted by molar-refractivity contribution is -0.221. The second-order valence-corrected chi connectivity index (χ2v) is 15.4. The number of nitrogens with one attached hydrogen (secondary N) is 2. The lowest BCUT2D eigenvalue weighted by Crippen LogP contribution is -2.90. The van der Waals surface area contributed by atoms with Gasteiger partial charge in [0.25, 0.3) is 11.8 Å². The van der Waals surface area contributed by atoms with Crippen LogP contribution in [0.1, 0.15) is 62.1 Å². The van der Waals surface area contributed by atoms with Gasteiger partial charge in [0.2, 0.25) is 4.87 Å². The van der Waals surface area contributed by atoms with Gasteiger partial charge in [-0.25, -0.2) is 23.4 Å². The molecular weight excluding hydrogens is 767 g/mol. The van der Waals surface area contributed by atoms with E-state index >= 15 is 0 Å². The summed E-state index contributed by atoms with van der Waals surface area (Å²) in [5.41, 5.74) is 4.93. The molecular formula is C38H35N5O13S. The number of benzene rings is 3. The molecule has 2 heterocycles. The fraction of sp³-hybridized carbons (Fsp3) is 0.263. The first kappa shape index (κ1) is 41.2. The molecule has 2 aliphatic rings. The van der Waals surface area contributed by atoms with Crippen LogP contribution in [0.3, 0.4) is 0 Å². The van der Waals surface area contributed by atoms with Gasteiger partial charge < -0.3 is 40.2 Å². The monoisotopic (exact) mass is 801 g/mol. The number of carboxylic acids is 1. The molecule has 19 heteroatoms. The first-order valence-electron chi connectivity index (χ1n) is 16.9.